The molecule has 1 amide bonds. The number of thiocarbonyl (C=S) groups is 1. The van der Waals surface area contributed by atoms with Gasteiger partial charge in [0.05, 0.1) is 18.1 Å². The minimum Gasteiger partial charge on any atom is -0.481 e. The predicted molar refractivity (Wildman–Crippen MR) is 72.7 cm³/mol. The van der Waals surface area contributed by atoms with Crippen LogP contribution in [-0.4, -0.2) is 33.8 Å². The number of carbonyl (C=O) groups is 1. The summed E-state index contributed by atoms with van der Waals surface area (Å²) in [5.41, 5.74) is 5.86. The summed E-state index contributed by atoms with van der Waals surface area (Å²) < 4.78 is 6.54. The molecule has 0 spiro atoms. The first-order chi connectivity index (χ1) is 8.49. The van der Waals surface area contributed by atoms with Crippen LogP contribution in [0.2, 0.25) is 0 Å². The average Bonchev–Trinajstić information content (AvgIpc) is 2.69. The van der Waals surface area contributed by atoms with E-state index in [1.807, 2.05) is 6.92 Å². The lowest BCUT2D eigenvalue weighted by molar-refractivity contribution is 0.0940. The molecule has 6 nitrogen and oxygen atoms in total. The number of rotatable bonds is 6. The van der Waals surface area contributed by atoms with E-state index >= 15 is 0 Å². The van der Waals surface area contributed by atoms with Gasteiger partial charge < -0.3 is 15.8 Å². The fourth-order valence-electron chi connectivity index (χ4n) is 1.56. The molecule has 1 rings (SSSR count). The molecule has 0 aliphatic rings. The quantitative estimate of drug-likeness (QED) is 0.740. The lowest BCUT2D eigenvalue weighted by Gasteiger charge is -2.15. The molecule has 100 valence electrons. The molecule has 0 saturated heterocycles. The maximum atomic E-state index is 12.0. The van der Waals surface area contributed by atoms with Crippen molar-refractivity contribution in [3.05, 3.63) is 11.8 Å². The highest BCUT2D eigenvalue weighted by atomic mass is 32.1. The van der Waals surface area contributed by atoms with Crippen LogP contribution in [0.4, 0.5) is 0 Å². The summed E-state index contributed by atoms with van der Waals surface area (Å²) in [5, 5.41) is 6.81. The zero-order chi connectivity index (χ0) is 13.7. The Balaban J connectivity index is 2.77. The Labute approximate surface area is 111 Å². The molecule has 0 radical (unpaired) electrons. The number of hydrogen-bond donors (Lipinski definition) is 2. The van der Waals surface area contributed by atoms with Gasteiger partial charge in [-0.15, -0.1) is 0 Å². The van der Waals surface area contributed by atoms with Crippen LogP contribution in [0, 0.1) is 0 Å². The topological polar surface area (TPSA) is 82.2 Å². The number of nitrogens with one attached hydrogen (secondary N) is 1. The Bertz CT molecular complexity index is 444. The first-order valence-corrected chi connectivity index (χ1v) is 6.08. The first-order valence-electron chi connectivity index (χ1n) is 5.67. The highest BCUT2D eigenvalue weighted by Crippen LogP contribution is 2.11. The number of amides is 1. The summed E-state index contributed by atoms with van der Waals surface area (Å²) in [5.74, 6) is 0.211. The van der Waals surface area contributed by atoms with Crippen LogP contribution in [0.25, 0.3) is 0 Å². The fraction of sp³-hybridized carbons (Fsp3) is 0.545. The van der Waals surface area contributed by atoms with Crippen molar-refractivity contribution < 1.29 is 9.53 Å². The zero-order valence-electron chi connectivity index (χ0n) is 10.8. The summed E-state index contributed by atoms with van der Waals surface area (Å²) in [6.07, 6.45) is 1.60. The smallest absolute Gasteiger partial charge is 0.272 e. The van der Waals surface area contributed by atoms with E-state index in [2.05, 4.69) is 10.4 Å². The van der Waals surface area contributed by atoms with Gasteiger partial charge in [0, 0.05) is 13.1 Å². The van der Waals surface area contributed by atoms with Crippen LogP contribution in [0.15, 0.2) is 6.07 Å². The van der Waals surface area contributed by atoms with E-state index in [-0.39, 0.29) is 22.6 Å². The maximum Gasteiger partial charge on any atom is 0.272 e. The van der Waals surface area contributed by atoms with E-state index in [1.165, 1.54) is 11.8 Å². The van der Waals surface area contributed by atoms with Gasteiger partial charge >= 0.3 is 0 Å². The van der Waals surface area contributed by atoms with Crippen LogP contribution in [0.3, 0.4) is 0 Å². The van der Waals surface area contributed by atoms with Gasteiger partial charge in [0.1, 0.15) is 0 Å². The Hall–Kier alpha value is -1.63. The second kappa shape index (κ2) is 6.34. The molecular formula is C11H18N4O2S. The molecule has 0 aromatic carbocycles. The predicted octanol–water partition coefficient (Wildman–Crippen LogP) is 0.613. The number of aryl methyl sites for hydroxylation is 1. The van der Waals surface area contributed by atoms with Gasteiger partial charge in [-0.25, -0.2) is 4.68 Å². The van der Waals surface area contributed by atoms with Crippen LogP contribution in [-0.2, 0) is 7.05 Å². The van der Waals surface area contributed by atoms with Crippen molar-refractivity contribution in [2.75, 3.05) is 7.11 Å². The van der Waals surface area contributed by atoms with E-state index in [0.717, 1.165) is 6.42 Å². The van der Waals surface area contributed by atoms with E-state index < -0.39 is 0 Å². The van der Waals surface area contributed by atoms with E-state index in [0.29, 0.717) is 12.3 Å². The summed E-state index contributed by atoms with van der Waals surface area (Å²) in [6, 6.07) is 1.27. The van der Waals surface area contributed by atoms with E-state index in [1.54, 1.807) is 13.1 Å². The number of methoxy groups -OCH3 is 1. The maximum absolute atomic E-state index is 12.0. The molecular weight excluding hydrogens is 252 g/mol. The Morgan fingerprint density at radius 1 is 1.72 bits per heavy atom. The largest absolute Gasteiger partial charge is 0.481 e. The molecule has 0 bridgehead atoms. The van der Waals surface area contributed by atoms with Crippen molar-refractivity contribution in [1.29, 1.82) is 0 Å². The van der Waals surface area contributed by atoms with E-state index in [9.17, 15) is 4.79 Å². The van der Waals surface area contributed by atoms with Gasteiger partial charge in [-0.2, -0.15) is 5.10 Å². The third-order valence-corrected chi connectivity index (χ3v) is 2.79. The third-order valence-electron chi connectivity index (χ3n) is 2.50. The lowest BCUT2D eigenvalue weighted by Crippen LogP contribution is -2.43. The number of nitrogens with two attached hydrogens (primary N) is 1. The molecule has 1 unspecified atom stereocenters. The number of nitrogens with zero attached hydrogens (tertiary/aromatic N) is 2. The van der Waals surface area contributed by atoms with E-state index in [4.69, 9.17) is 22.7 Å². The van der Waals surface area contributed by atoms with Gasteiger partial charge in [-0.05, 0) is 6.42 Å². The molecule has 1 aromatic heterocycles. The molecule has 0 fully saturated rings. The number of hydrogen-bond acceptors (Lipinski definition) is 4. The van der Waals surface area contributed by atoms with Gasteiger partial charge in [0.25, 0.3) is 5.91 Å². The minimum atomic E-state index is -0.305. The summed E-state index contributed by atoms with van der Waals surface area (Å²) in [4.78, 5) is 12.2. The molecule has 0 saturated carbocycles. The second-order valence-electron chi connectivity index (χ2n) is 3.91. The molecule has 0 aliphatic carbocycles. The molecule has 1 aromatic rings. The minimum absolute atomic E-state index is 0.284. The standard InChI is InChI=1S/C11H18N4O2S/c1-4-5-7(10(12)18)13-11(16)8-6-9(17-3)15(2)14-8/h6-7H,4-5H2,1-3H3,(H2,12,18)(H,13,16). The number of carbonyl (C=O) groups excluding carboxylic acids is 1. The summed E-state index contributed by atoms with van der Waals surface area (Å²) in [6.45, 7) is 2.00. The normalized spacial score (nSPS) is 11.9. The van der Waals surface area contributed by atoms with Gasteiger partial charge in [0.15, 0.2) is 5.69 Å². The summed E-state index contributed by atoms with van der Waals surface area (Å²) >= 11 is 4.92. The molecule has 1 heterocycles. The summed E-state index contributed by atoms with van der Waals surface area (Å²) in [7, 11) is 3.22. The van der Waals surface area contributed by atoms with Crippen molar-refractivity contribution in [1.82, 2.24) is 15.1 Å². The Morgan fingerprint density at radius 3 is 2.83 bits per heavy atom. The molecule has 1 atom stereocenters. The zero-order valence-corrected chi connectivity index (χ0v) is 11.6. The van der Waals surface area contributed by atoms with Crippen molar-refractivity contribution >= 4 is 23.1 Å². The molecule has 7 heteroatoms. The van der Waals surface area contributed by atoms with Crippen LogP contribution >= 0.6 is 12.2 Å². The number of ether oxygens (including phenoxy) is 1. The van der Waals surface area contributed by atoms with Crippen molar-refractivity contribution in [3.8, 4) is 5.88 Å². The monoisotopic (exact) mass is 270 g/mol. The average molecular weight is 270 g/mol. The molecule has 18 heavy (non-hydrogen) atoms. The Morgan fingerprint density at radius 2 is 2.39 bits per heavy atom. The molecule has 3 N–H and O–H groups in total. The lowest BCUT2D eigenvalue weighted by atomic mass is 10.1. The SMILES string of the molecule is CCCC(NC(=O)c1cc(OC)n(C)n1)C(N)=S. The second-order valence-corrected chi connectivity index (χ2v) is 4.38. The number of aromatic nitrogens is 2. The van der Waals surface area contributed by atoms with Crippen LogP contribution in [0.1, 0.15) is 30.3 Å². The van der Waals surface area contributed by atoms with Crippen molar-refractivity contribution in [2.45, 2.75) is 25.8 Å². The third kappa shape index (κ3) is 3.43. The van der Waals surface area contributed by atoms with Gasteiger partial charge in [0.2, 0.25) is 5.88 Å². The van der Waals surface area contributed by atoms with Crippen LogP contribution < -0.4 is 15.8 Å². The Kier molecular flexibility index (Phi) is 5.08. The first kappa shape index (κ1) is 14.4. The van der Waals surface area contributed by atoms with Gasteiger partial charge in [-0.1, -0.05) is 25.6 Å². The highest BCUT2D eigenvalue weighted by Gasteiger charge is 2.18. The van der Waals surface area contributed by atoms with Crippen molar-refractivity contribution in [3.63, 3.8) is 0 Å². The van der Waals surface area contributed by atoms with Crippen LogP contribution in [0.5, 0.6) is 5.88 Å². The fourth-order valence-corrected chi connectivity index (χ4v) is 1.74. The van der Waals surface area contributed by atoms with Gasteiger partial charge in [-0.3, -0.25) is 4.79 Å². The molecule has 0 aliphatic heterocycles. The highest BCUT2D eigenvalue weighted by molar-refractivity contribution is 7.80. The van der Waals surface area contributed by atoms with Crippen molar-refractivity contribution in [2.24, 2.45) is 12.8 Å².